The molecule has 0 aliphatic heterocycles. The van der Waals surface area contributed by atoms with Crippen LogP contribution in [0.3, 0.4) is 0 Å². The number of hydrogen-bond donors (Lipinski definition) is 1. The Bertz CT molecular complexity index is 230. The number of carbonyl (C=O) groups is 1. The van der Waals surface area contributed by atoms with Crippen LogP contribution in [0.1, 0.15) is 19.3 Å². The molecule has 0 aromatic heterocycles. The van der Waals surface area contributed by atoms with Gasteiger partial charge in [-0.3, -0.25) is 4.79 Å². The average Bonchev–Trinajstić information content (AvgIpc) is 2.72. The monoisotopic (exact) mass is 227 g/mol. The number of nitrogens with two attached hydrogens (primary N) is 1. The Morgan fingerprint density at radius 2 is 1.94 bits per heavy atom. The van der Waals surface area contributed by atoms with Gasteiger partial charge in [0.25, 0.3) is 0 Å². The minimum Gasteiger partial charge on any atom is -0.344 e. The van der Waals surface area contributed by atoms with Gasteiger partial charge in [0.2, 0.25) is 5.91 Å². The lowest BCUT2D eigenvalue weighted by atomic mass is 9.95. The van der Waals surface area contributed by atoms with Gasteiger partial charge in [-0.15, -0.1) is 0 Å². The molecule has 2 unspecified atom stereocenters. The second-order valence-electron chi connectivity index (χ2n) is 5.10. The Balaban J connectivity index is 2.43. The molecule has 0 saturated heterocycles. The lowest BCUT2D eigenvalue weighted by Gasteiger charge is -2.25. The molecule has 0 spiro atoms. The third-order valence-corrected chi connectivity index (χ3v) is 3.54. The van der Waals surface area contributed by atoms with Gasteiger partial charge in [0.15, 0.2) is 0 Å². The van der Waals surface area contributed by atoms with Crippen molar-refractivity contribution in [1.82, 2.24) is 9.80 Å². The highest BCUT2D eigenvalue weighted by atomic mass is 16.2. The zero-order chi connectivity index (χ0) is 12.1. The van der Waals surface area contributed by atoms with E-state index in [1.54, 1.807) is 0 Å². The fourth-order valence-corrected chi connectivity index (χ4v) is 2.39. The summed E-state index contributed by atoms with van der Waals surface area (Å²) in [5, 5.41) is 0. The first-order chi connectivity index (χ1) is 7.56. The maximum absolute atomic E-state index is 12.2. The molecule has 1 saturated carbocycles. The Kier molecular flexibility index (Phi) is 5.22. The van der Waals surface area contributed by atoms with E-state index in [1.165, 1.54) is 0 Å². The van der Waals surface area contributed by atoms with Crippen LogP contribution in [0.25, 0.3) is 0 Å². The van der Waals surface area contributed by atoms with Crippen LogP contribution in [-0.2, 0) is 4.79 Å². The third-order valence-electron chi connectivity index (χ3n) is 3.54. The Hall–Kier alpha value is -0.610. The maximum atomic E-state index is 12.2. The molecule has 0 aromatic rings. The standard InChI is InChI=1S/C12H25N3O/c1-14(2)7-8-15(3)12(16)11-6-4-5-10(11)9-13/h10-11H,4-9,13H2,1-3H3. The van der Waals surface area contributed by atoms with Crippen molar-refractivity contribution in [2.45, 2.75) is 19.3 Å². The molecule has 2 N–H and O–H groups in total. The molecular weight excluding hydrogens is 202 g/mol. The second-order valence-corrected chi connectivity index (χ2v) is 5.10. The summed E-state index contributed by atoms with van der Waals surface area (Å²) in [5.41, 5.74) is 5.71. The Morgan fingerprint density at radius 3 is 2.50 bits per heavy atom. The smallest absolute Gasteiger partial charge is 0.225 e. The molecule has 4 nitrogen and oxygen atoms in total. The second kappa shape index (κ2) is 6.21. The van der Waals surface area contributed by atoms with Gasteiger partial charge in [0, 0.05) is 26.1 Å². The highest BCUT2D eigenvalue weighted by Crippen LogP contribution is 2.32. The molecule has 16 heavy (non-hydrogen) atoms. The van der Waals surface area contributed by atoms with E-state index >= 15 is 0 Å². The van der Waals surface area contributed by atoms with Gasteiger partial charge in [-0.1, -0.05) is 6.42 Å². The fourth-order valence-electron chi connectivity index (χ4n) is 2.39. The first kappa shape index (κ1) is 13.5. The van der Waals surface area contributed by atoms with Crippen molar-refractivity contribution in [3.05, 3.63) is 0 Å². The number of hydrogen-bond acceptors (Lipinski definition) is 3. The summed E-state index contributed by atoms with van der Waals surface area (Å²) in [7, 11) is 5.95. The van der Waals surface area contributed by atoms with Crippen molar-refractivity contribution in [3.63, 3.8) is 0 Å². The van der Waals surface area contributed by atoms with E-state index in [9.17, 15) is 4.79 Å². The van der Waals surface area contributed by atoms with Crippen LogP contribution in [-0.4, -0.2) is 56.5 Å². The van der Waals surface area contributed by atoms with Gasteiger partial charge in [0.1, 0.15) is 0 Å². The van der Waals surface area contributed by atoms with Crippen LogP contribution < -0.4 is 5.73 Å². The van der Waals surface area contributed by atoms with E-state index in [0.29, 0.717) is 12.5 Å². The summed E-state index contributed by atoms with van der Waals surface area (Å²) in [6.07, 6.45) is 3.29. The zero-order valence-electron chi connectivity index (χ0n) is 10.8. The third kappa shape index (κ3) is 3.46. The van der Waals surface area contributed by atoms with Crippen molar-refractivity contribution < 1.29 is 4.79 Å². The topological polar surface area (TPSA) is 49.6 Å². The van der Waals surface area contributed by atoms with E-state index < -0.39 is 0 Å². The van der Waals surface area contributed by atoms with Crippen molar-refractivity contribution in [2.24, 2.45) is 17.6 Å². The largest absolute Gasteiger partial charge is 0.344 e. The molecule has 1 aliphatic rings. The molecule has 94 valence electrons. The summed E-state index contributed by atoms with van der Waals surface area (Å²) in [5.74, 6) is 0.876. The van der Waals surface area contributed by atoms with Gasteiger partial charge in [0.05, 0.1) is 0 Å². The lowest BCUT2D eigenvalue weighted by Crippen LogP contribution is -2.39. The van der Waals surface area contributed by atoms with Crippen LogP contribution >= 0.6 is 0 Å². The van der Waals surface area contributed by atoms with Crippen molar-refractivity contribution in [3.8, 4) is 0 Å². The fraction of sp³-hybridized carbons (Fsp3) is 0.917. The first-order valence-electron chi connectivity index (χ1n) is 6.16. The van der Waals surface area contributed by atoms with Crippen molar-refractivity contribution >= 4 is 5.91 Å². The molecule has 1 fully saturated rings. The molecule has 0 aromatic carbocycles. The SMILES string of the molecule is CN(C)CCN(C)C(=O)C1CCCC1CN. The average molecular weight is 227 g/mol. The van der Waals surface area contributed by atoms with Crippen LogP contribution in [0.4, 0.5) is 0 Å². The molecule has 4 heteroatoms. The number of likely N-dealkylation sites (N-methyl/N-ethyl adjacent to an activating group) is 2. The van der Waals surface area contributed by atoms with Gasteiger partial charge < -0.3 is 15.5 Å². The van der Waals surface area contributed by atoms with Gasteiger partial charge in [-0.05, 0) is 39.4 Å². The summed E-state index contributed by atoms with van der Waals surface area (Å²) in [6.45, 7) is 2.37. The van der Waals surface area contributed by atoms with E-state index in [0.717, 1.165) is 32.4 Å². The Morgan fingerprint density at radius 1 is 1.25 bits per heavy atom. The summed E-state index contributed by atoms with van der Waals surface area (Å²) < 4.78 is 0. The molecule has 1 rings (SSSR count). The zero-order valence-corrected chi connectivity index (χ0v) is 10.8. The number of carbonyl (C=O) groups excluding carboxylic acids is 1. The lowest BCUT2D eigenvalue weighted by molar-refractivity contribution is -0.135. The number of nitrogens with zero attached hydrogens (tertiary/aromatic N) is 2. The highest BCUT2D eigenvalue weighted by Gasteiger charge is 2.33. The summed E-state index contributed by atoms with van der Waals surface area (Å²) >= 11 is 0. The molecule has 0 radical (unpaired) electrons. The van der Waals surface area contributed by atoms with Gasteiger partial charge >= 0.3 is 0 Å². The molecule has 1 aliphatic carbocycles. The normalized spacial score (nSPS) is 25.1. The van der Waals surface area contributed by atoms with E-state index in [2.05, 4.69) is 4.90 Å². The van der Waals surface area contributed by atoms with Crippen LogP contribution in [0, 0.1) is 11.8 Å². The van der Waals surface area contributed by atoms with Crippen molar-refractivity contribution in [2.75, 3.05) is 40.8 Å². The predicted molar refractivity (Wildman–Crippen MR) is 66.1 cm³/mol. The minimum absolute atomic E-state index is 0.178. The Labute approximate surface area is 98.8 Å². The molecular formula is C12H25N3O. The number of rotatable bonds is 5. The minimum atomic E-state index is 0.178. The van der Waals surface area contributed by atoms with Gasteiger partial charge in [-0.25, -0.2) is 0 Å². The van der Waals surface area contributed by atoms with E-state index in [1.807, 2.05) is 26.0 Å². The van der Waals surface area contributed by atoms with Gasteiger partial charge in [-0.2, -0.15) is 0 Å². The molecule has 0 heterocycles. The van der Waals surface area contributed by atoms with Crippen molar-refractivity contribution in [1.29, 1.82) is 0 Å². The molecule has 0 bridgehead atoms. The number of amides is 1. The van der Waals surface area contributed by atoms with Crippen LogP contribution in [0.2, 0.25) is 0 Å². The quantitative estimate of drug-likeness (QED) is 0.739. The molecule has 1 amide bonds. The van der Waals surface area contributed by atoms with Crippen LogP contribution in [0.15, 0.2) is 0 Å². The summed E-state index contributed by atoms with van der Waals surface area (Å²) in [4.78, 5) is 16.1. The van der Waals surface area contributed by atoms with E-state index in [4.69, 9.17) is 5.73 Å². The molecule has 2 atom stereocenters. The van der Waals surface area contributed by atoms with E-state index in [-0.39, 0.29) is 11.8 Å². The summed E-state index contributed by atoms with van der Waals surface area (Å²) in [6, 6.07) is 0. The van der Waals surface area contributed by atoms with Crippen LogP contribution in [0.5, 0.6) is 0 Å². The maximum Gasteiger partial charge on any atom is 0.225 e. The predicted octanol–water partition coefficient (Wildman–Crippen LogP) is 0.381. The first-order valence-corrected chi connectivity index (χ1v) is 6.16. The highest BCUT2D eigenvalue weighted by molar-refractivity contribution is 5.79.